The van der Waals surface area contributed by atoms with Crippen LogP contribution < -0.4 is 5.32 Å². The van der Waals surface area contributed by atoms with Crippen molar-refractivity contribution in [2.45, 2.75) is 25.8 Å². The summed E-state index contributed by atoms with van der Waals surface area (Å²) >= 11 is 1.64. The predicted molar refractivity (Wildman–Crippen MR) is 62.0 cm³/mol. The summed E-state index contributed by atoms with van der Waals surface area (Å²) < 4.78 is 0. The zero-order valence-corrected chi connectivity index (χ0v) is 9.68. The number of hydrogen-bond acceptors (Lipinski definition) is 3. The van der Waals surface area contributed by atoms with Gasteiger partial charge in [0.05, 0.1) is 0 Å². The molecule has 1 amide bonds. The van der Waals surface area contributed by atoms with Crippen LogP contribution >= 0.6 is 11.8 Å². The van der Waals surface area contributed by atoms with Gasteiger partial charge in [0.1, 0.15) is 6.04 Å². The van der Waals surface area contributed by atoms with Crippen molar-refractivity contribution in [3.63, 3.8) is 0 Å². The standard InChI is InChI=1S/C10H17NO3S/c1-3-8(2)6-15-5-4-9(10(13)14)11-7-12/h7,9H,2-6H2,1H3,(H,11,12)(H,13,14). The number of rotatable bonds is 9. The van der Waals surface area contributed by atoms with Gasteiger partial charge in [0.15, 0.2) is 0 Å². The zero-order chi connectivity index (χ0) is 11.7. The van der Waals surface area contributed by atoms with Crippen molar-refractivity contribution in [2.75, 3.05) is 11.5 Å². The molecular formula is C10H17NO3S. The highest BCUT2D eigenvalue weighted by Gasteiger charge is 2.15. The van der Waals surface area contributed by atoms with Gasteiger partial charge in [-0.1, -0.05) is 19.1 Å². The second-order valence-electron chi connectivity index (χ2n) is 3.12. The summed E-state index contributed by atoms with van der Waals surface area (Å²) in [7, 11) is 0. The second kappa shape index (κ2) is 8.35. The molecule has 0 aromatic carbocycles. The second-order valence-corrected chi connectivity index (χ2v) is 4.23. The molecule has 5 heteroatoms. The summed E-state index contributed by atoms with van der Waals surface area (Å²) in [6, 6.07) is -0.773. The Kier molecular flexibility index (Phi) is 7.81. The molecule has 1 unspecified atom stereocenters. The fraction of sp³-hybridized carbons (Fsp3) is 0.600. The van der Waals surface area contributed by atoms with E-state index < -0.39 is 12.0 Å². The molecule has 0 aromatic rings. The van der Waals surface area contributed by atoms with Crippen molar-refractivity contribution < 1.29 is 14.7 Å². The fourth-order valence-corrected chi connectivity index (χ4v) is 1.92. The van der Waals surface area contributed by atoms with Crippen LogP contribution in [0.25, 0.3) is 0 Å². The third-order valence-electron chi connectivity index (χ3n) is 1.92. The molecular weight excluding hydrogens is 214 g/mol. The van der Waals surface area contributed by atoms with Gasteiger partial charge in [-0.2, -0.15) is 11.8 Å². The Bertz CT molecular complexity index is 231. The molecule has 4 nitrogen and oxygen atoms in total. The average molecular weight is 231 g/mol. The number of aliphatic carboxylic acids is 1. The summed E-state index contributed by atoms with van der Waals surface area (Å²) in [4.78, 5) is 20.7. The van der Waals surface area contributed by atoms with E-state index in [9.17, 15) is 9.59 Å². The van der Waals surface area contributed by atoms with Gasteiger partial charge in [-0.05, 0) is 18.6 Å². The van der Waals surface area contributed by atoms with E-state index in [2.05, 4.69) is 11.9 Å². The van der Waals surface area contributed by atoms with Crippen molar-refractivity contribution in [3.8, 4) is 0 Å². The molecule has 0 saturated carbocycles. The Morgan fingerprint density at radius 2 is 2.33 bits per heavy atom. The maximum Gasteiger partial charge on any atom is 0.326 e. The number of carboxylic acids is 1. The van der Waals surface area contributed by atoms with E-state index in [1.807, 2.05) is 6.92 Å². The lowest BCUT2D eigenvalue weighted by Crippen LogP contribution is -2.36. The Morgan fingerprint density at radius 1 is 1.67 bits per heavy atom. The highest BCUT2D eigenvalue weighted by atomic mass is 32.2. The summed E-state index contributed by atoms with van der Waals surface area (Å²) in [6.07, 6.45) is 1.81. The monoisotopic (exact) mass is 231 g/mol. The highest BCUT2D eigenvalue weighted by molar-refractivity contribution is 7.99. The van der Waals surface area contributed by atoms with E-state index in [-0.39, 0.29) is 0 Å². The van der Waals surface area contributed by atoms with Crippen LogP contribution in [0, 0.1) is 0 Å². The first-order valence-electron chi connectivity index (χ1n) is 4.78. The highest BCUT2D eigenvalue weighted by Crippen LogP contribution is 2.11. The number of hydrogen-bond donors (Lipinski definition) is 2. The lowest BCUT2D eigenvalue weighted by atomic mass is 10.2. The summed E-state index contributed by atoms with van der Waals surface area (Å²) in [6.45, 7) is 5.89. The minimum atomic E-state index is -0.989. The maximum absolute atomic E-state index is 10.6. The van der Waals surface area contributed by atoms with Gasteiger partial charge in [0.25, 0.3) is 0 Å². The number of nitrogens with one attached hydrogen (secondary N) is 1. The van der Waals surface area contributed by atoms with Gasteiger partial charge in [-0.3, -0.25) is 4.79 Å². The molecule has 15 heavy (non-hydrogen) atoms. The van der Waals surface area contributed by atoms with Gasteiger partial charge in [-0.15, -0.1) is 0 Å². The molecule has 0 spiro atoms. The number of carbonyl (C=O) groups excluding carboxylic acids is 1. The Labute approximate surface area is 94.1 Å². The molecule has 0 bridgehead atoms. The topological polar surface area (TPSA) is 66.4 Å². The van der Waals surface area contributed by atoms with Crippen LogP contribution in [0.5, 0.6) is 0 Å². The SMILES string of the molecule is C=C(CC)CSCCC(NC=O)C(=O)O. The first-order chi connectivity index (χ1) is 7.11. The van der Waals surface area contributed by atoms with Gasteiger partial charge < -0.3 is 10.4 Å². The normalized spacial score (nSPS) is 11.8. The minimum absolute atomic E-state index is 0.425. The Morgan fingerprint density at radius 3 is 2.80 bits per heavy atom. The van der Waals surface area contributed by atoms with Crippen LogP contribution in [-0.4, -0.2) is 35.0 Å². The smallest absolute Gasteiger partial charge is 0.326 e. The van der Waals surface area contributed by atoms with Crippen LogP contribution in [0.4, 0.5) is 0 Å². The number of thioether (sulfide) groups is 1. The molecule has 86 valence electrons. The van der Waals surface area contributed by atoms with E-state index >= 15 is 0 Å². The third kappa shape index (κ3) is 7.02. The van der Waals surface area contributed by atoms with Crippen molar-refractivity contribution in [2.24, 2.45) is 0 Å². The van der Waals surface area contributed by atoms with Crippen molar-refractivity contribution in [1.82, 2.24) is 5.32 Å². The van der Waals surface area contributed by atoms with E-state index in [4.69, 9.17) is 5.11 Å². The van der Waals surface area contributed by atoms with Crippen LogP contribution in [0.15, 0.2) is 12.2 Å². The predicted octanol–water partition coefficient (Wildman–Crippen LogP) is 1.28. The molecule has 1 atom stereocenters. The molecule has 0 rings (SSSR count). The van der Waals surface area contributed by atoms with Crippen LogP contribution in [0.1, 0.15) is 19.8 Å². The maximum atomic E-state index is 10.6. The molecule has 0 aliphatic heterocycles. The molecule has 0 aliphatic rings. The van der Waals surface area contributed by atoms with Crippen LogP contribution in [0.3, 0.4) is 0 Å². The van der Waals surface area contributed by atoms with E-state index in [0.717, 1.165) is 17.7 Å². The number of carbonyl (C=O) groups is 2. The van der Waals surface area contributed by atoms with E-state index in [1.54, 1.807) is 11.8 Å². The lowest BCUT2D eigenvalue weighted by molar-refractivity contribution is -0.140. The molecule has 0 radical (unpaired) electrons. The molecule has 0 fully saturated rings. The van der Waals surface area contributed by atoms with E-state index in [1.165, 1.54) is 0 Å². The molecule has 0 saturated heterocycles. The molecule has 0 aromatic heterocycles. The first kappa shape index (κ1) is 14.0. The Balaban J connectivity index is 3.66. The quantitative estimate of drug-likeness (QED) is 0.356. The summed E-state index contributed by atoms with van der Waals surface area (Å²) in [5.74, 6) is 0.567. The van der Waals surface area contributed by atoms with Gasteiger partial charge in [0.2, 0.25) is 6.41 Å². The summed E-state index contributed by atoms with van der Waals surface area (Å²) in [5.41, 5.74) is 1.15. The van der Waals surface area contributed by atoms with Crippen LogP contribution in [-0.2, 0) is 9.59 Å². The van der Waals surface area contributed by atoms with Crippen molar-refractivity contribution in [1.29, 1.82) is 0 Å². The Hall–Kier alpha value is -0.970. The fourth-order valence-electron chi connectivity index (χ4n) is 0.880. The van der Waals surface area contributed by atoms with Crippen LogP contribution in [0.2, 0.25) is 0 Å². The van der Waals surface area contributed by atoms with Crippen molar-refractivity contribution in [3.05, 3.63) is 12.2 Å². The largest absolute Gasteiger partial charge is 0.480 e. The van der Waals surface area contributed by atoms with E-state index in [0.29, 0.717) is 18.6 Å². The van der Waals surface area contributed by atoms with Crippen molar-refractivity contribution >= 4 is 24.1 Å². The molecule has 2 N–H and O–H groups in total. The zero-order valence-electron chi connectivity index (χ0n) is 8.86. The van der Waals surface area contributed by atoms with Gasteiger partial charge >= 0.3 is 5.97 Å². The number of amides is 1. The summed E-state index contributed by atoms with van der Waals surface area (Å²) in [5, 5.41) is 11.0. The van der Waals surface area contributed by atoms with Gasteiger partial charge in [0, 0.05) is 5.75 Å². The average Bonchev–Trinajstić information content (AvgIpc) is 2.21. The molecule has 0 aliphatic carbocycles. The first-order valence-corrected chi connectivity index (χ1v) is 5.94. The molecule has 0 heterocycles. The lowest BCUT2D eigenvalue weighted by Gasteiger charge is -2.10. The number of carboxylic acid groups (broad SMARTS) is 1. The van der Waals surface area contributed by atoms with Gasteiger partial charge in [-0.25, -0.2) is 4.79 Å². The third-order valence-corrected chi connectivity index (χ3v) is 3.06. The minimum Gasteiger partial charge on any atom is -0.480 e.